The number of nitro benzene ring substituents is 1. The lowest BCUT2D eigenvalue weighted by atomic mass is 9.88. The molecule has 1 amide bonds. The second kappa shape index (κ2) is 9.85. The van der Waals surface area contributed by atoms with Crippen molar-refractivity contribution in [1.29, 1.82) is 0 Å². The number of hydrogen-bond donors (Lipinski definition) is 2. The molecule has 2 atom stereocenters. The number of rotatable bonds is 7. The van der Waals surface area contributed by atoms with Gasteiger partial charge < -0.3 is 20.3 Å². The predicted octanol–water partition coefficient (Wildman–Crippen LogP) is 4.93. The van der Waals surface area contributed by atoms with E-state index in [0.29, 0.717) is 25.3 Å². The Bertz CT molecular complexity index is 783. The molecule has 1 fully saturated rings. The quantitative estimate of drug-likeness (QED) is 0.466. The molecule has 0 radical (unpaired) electrons. The molecule has 1 heterocycles. The molecule has 2 rings (SSSR count). The van der Waals surface area contributed by atoms with Gasteiger partial charge in [-0.1, -0.05) is 26.8 Å². The van der Waals surface area contributed by atoms with Gasteiger partial charge in [-0.25, -0.2) is 4.79 Å². The van der Waals surface area contributed by atoms with Crippen LogP contribution < -0.4 is 10.6 Å². The average molecular weight is 435 g/mol. The number of nitrogens with zero attached hydrogens (tertiary/aromatic N) is 2. The van der Waals surface area contributed by atoms with E-state index >= 15 is 0 Å². The summed E-state index contributed by atoms with van der Waals surface area (Å²) in [5, 5.41) is 18.3. The highest BCUT2D eigenvalue weighted by Crippen LogP contribution is 2.28. The van der Waals surface area contributed by atoms with Gasteiger partial charge in [0.1, 0.15) is 11.3 Å². The van der Waals surface area contributed by atoms with Crippen molar-refractivity contribution in [3.05, 3.63) is 33.9 Å². The van der Waals surface area contributed by atoms with Gasteiger partial charge in [-0.2, -0.15) is 0 Å². The largest absolute Gasteiger partial charge is 0.444 e. The molecule has 0 aromatic heterocycles. The smallest absolute Gasteiger partial charge is 0.410 e. The molecule has 31 heavy (non-hydrogen) atoms. The van der Waals surface area contributed by atoms with Crippen LogP contribution in [0.2, 0.25) is 0 Å². The van der Waals surface area contributed by atoms with Crippen LogP contribution in [0.5, 0.6) is 0 Å². The van der Waals surface area contributed by atoms with Crippen LogP contribution in [0, 0.1) is 15.5 Å². The van der Waals surface area contributed by atoms with Crippen molar-refractivity contribution in [2.45, 2.75) is 85.5 Å². The SMILES string of the molecule is CC(NCc1ccc(NCC2CCCN2C(=O)OC(C)(C)C)c([N+](=O)[O-])c1)C(C)(C)C. The Labute approximate surface area is 185 Å². The number of carbonyl (C=O) groups excluding carboxylic acids is 1. The molecular formula is C23H38N4O4. The monoisotopic (exact) mass is 434 g/mol. The molecule has 1 aliphatic heterocycles. The molecule has 0 aliphatic carbocycles. The summed E-state index contributed by atoms with van der Waals surface area (Å²) >= 11 is 0. The number of benzene rings is 1. The third kappa shape index (κ3) is 7.38. The number of ether oxygens (including phenoxy) is 1. The fraction of sp³-hybridized carbons (Fsp3) is 0.696. The second-order valence-electron chi connectivity index (χ2n) is 10.4. The number of likely N-dealkylation sites (tertiary alicyclic amines) is 1. The van der Waals surface area contributed by atoms with Crippen LogP contribution in [-0.2, 0) is 11.3 Å². The van der Waals surface area contributed by atoms with Gasteiger partial charge in [0.05, 0.1) is 11.0 Å². The molecule has 1 saturated heterocycles. The fourth-order valence-corrected chi connectivity index (χ4v) is 3.40. The highest BCUT2D eigenvalue weighted by Gasteiger charge is 2.32. The molecule has 2 N–H and O–H groups in total. The van der Waals surface area contributed by atoms with Gasteiger partial charge in [0, 0.05) is 31.7 Å². The van der Waals surface area contributed by atoms with Gasteiger partial charge in [0.25, 0.3) is 5.69 Å². The van der Waals surface area contributed by atoms with E-state index in [1.807, 2.05) is 26.8 Å². The van der Waals surface area contributed by atoms with Gasteiger partial charge >= 0.3 is 6.09 Å². The van der Waals surface area contributed by atoms with E-state index in [9.17, 15) is 14.9 Å². The van der Waals surface area contributed by atoms with Crippen LogP contribution in [0.3, 0.4) is 0 Å². The van der Waals surface area contributed by atoms with Crippen LogP contribution in [0.1, 0.15) is 66.9 Å². The maximum Gasteiger partial charge on any atom is 0.410 e. The molecule has 1 aromatic rings. The molecule has 174 valence electrons. The number of carbonyl (C=O) groups is 1. The maximum atomic E-state index is 12.5. The minimum atomic E-state index is -0.551. The Morgan fingerprint density at radius 1 is 1.29 bits per heavy atom. The summed E-state index contributed by atoms with van der Waals surface area (Å²) in [5.74, 6) is 0. The lowest BCUT2D eigenvalue weighted by Crippen LogP contribution is -2.42. The third-order valence-corrected chi connectivity index (χ3v) is 5.70. The first-order valence-electron chi connectivity index (χ1n) is 11.0. The molecule has 8 nitrogen and oxygen atoms in total. The van der Waals surface area contributed by atoms with E-state index in [-0.39, 0.29) is 34.2 Å². The Morgan fingerprint density at radius 3 is 2.55 bits per heavy atom. The topological polar surface area (TPSA) is 96.7 Å². The Morgan fingerprint density at radius 2 is 1.97 bits per heavy atom. The summed E-state index contributed by atoms with van der Waals surface area (Å²) in [4.78, 5) is 25.5. The average Bonchev–Trinajstić information content (AvgIpc) is 3.11. The number of hydrogen-bond acceptors (Lipinski definition) is 6. The number of nitro groups is 1. The van der Waals surface area contributed by atoms with Gasteiger partial charge in [-0.3, -0.25) is 10.1 Å². The number of nitrogens with one attached hydrogen (secondary N) is 2. The summed E-state index contributed by atoms with van der Waals surface area (Å²) in [6.07, 6.45) is 1.40. The zero-order chi connectivity index (χ0) is 23.4. The first kappa shape index (κ1) is 24.9. The van der Waals surface area contributed by atoms with E-state index in [2.05, 4.69) is 38.3 Å². The predicted molar refractivity (Wildman–Crippen MR) is 123 cm³/mol. The zero-order valence-corrected chi connectivity index (χ0v) is 19.9. The normalized spacial score (nSPS) is 18.0. The molecule has 1 aromatic carbocycles. The lowest BCUT2D eigenvalue weighted by Gasteiger charge is -2.29. The van der Waals surface area contributed by atoms with Gasteiger partial charge in [0.2, 0.25) is 0 Å². The van der Waals surface area contributed by atoms with Crippen molar-refractivity contribution in [2.24, 2.45) is 5.41 Å². The summed E-state index contributed by atoms with van der Waals surface area (Å²) < 4.78 is 5.50. The fourth-order valence-electron chi connectivity index (χ4n) is 3.40. The van der Waals surface area contributed by atoms with E-state index in [1.165, 1.54) is 0 Å². The second-order valence-corrected chi connectivity index (χ2v) is 10.4. The summed E-state index contributed by atoms with van der Waals surface area (Å²) in [6.45, 7) is 15.8. The number of amides is 1. The van der Waals surface area contributed by atoms with Crippen molar-refractivity contribution in [2.75, 3.05) is 18.4 Å². The Balaban J connectivity index is 2.04. The van der Waals surface area contributed by atoms with Crippen LogP contribution >= 0.6 is 0 Å². The molecule has 8 heteroatoms. The van der Waals surface area contributed by atoms with Crippen LogP contribution in [0.15, 0.2) is 18.2 Å². The van der Waals surface area contributed by atoms with Gasteiger partial charge in [-0.15, -0.1) is 0 Å². The summed E-state index contributed by atoms with van der Waals surface area (Å²) in [5.41, 5.74) is 0.933. The lowest BCUT2D eigenvalue weighted by molar-refractivity contribution is -0.384. The van der Waals surface area contributed by atoms with E-state index in [0.717, 1.165) is 18.4 Å². The Hall–Kier alpha value is -2.35. The standard InChI is InChI=1S/C23H38N4O4/c1-16(22(2,3)4)24-14-17-10-11-19(20(13-17)27(29)30)25-15-18-9-8-12-26(18)21(28)31-23(5,6)7/h10-11,13,16,18,24-25H,8-9,12,14-15H2,1-7H3. The number of anilines is 1. The highest BCUT2D eigenvalue weighted by atomic mass is 16.6. The van der Waals surface area contributed by atoms with Crippen LogP contribution in [0.4, 0.5) is 16.2 Å². The molecule has 2 unspecified atom stereocenters. The van der Waals surface area contributed by atoms with Crippen molar-refractivity contribution in [3.8, 4) is 0 Å². The van der Waals surface area contributed by atoms with Crippen LogP contribution in [0.25, 0.3) is 0 Å². The van der Waals surface area contributed by atoms with Gasteiger partial charge in [0.15, 0.2) is 0 Å². The zero-order valence-electron chi connectivity index (χ0n) is 19.9. The van der Waals surface area contributed by atoms with E-state index in [1.54, 1.807) is 17.0 Å². The highest BCUT2D eigenvalue weighted by molar-refractivity contribution is 5.69. The van der Waals surface area contributed by atoms with Crippen molar-refractivity contribution < 1.29 is 14.5 Å². The van der Waals surface area contributed by atoms with E-state index < -0.39 is 5.60 Å². The minimum absolute atomic E-state index is 0.0459. The maximum absolute atomic E-state index is 12.5. The molecule has 0 bridgehead atoms. The molecule has 0 spiro atoms. The minimum Gasteiger partial charge on any atom is -0.444 e. The van der Waals surface area contributed by atoms with Crippen molar-refractivity contribution in [1.82, 2.24) is 10.2 Å². The van der Waals surface area contributed by atoms with Crippen molar-refractivity contribution in [3.63, 3.8) is 0 Å². The summed E-state index contributed by atoms with van der Waals surface area (Å²) in [7, 11) is 0. The molecule has 0 saturated carbocycles. The third-order valence-electron chi connectivity index (χ3n) is 5.70. The first-order chi connectivity index (χ1) is 14.3. The van der Waals surface area contributed by atoms with E-state index in [4.69, 9.17) is 4.74 Å². The van der Waals surface area contributed by atoms with Crippen molar-refractivity contribution >= 4 is 17.5 Å². The summed E-state index contributed by atoms with van der Waals surface area (Å²) in [6, 6.07) is 5.49. The molecule has 1 aliphatic rings. The van der Waals surface area contributed by atoms with Crippen LogP contribution in [-0.4, -0.2) is 46.7 Å². The molecular weight excluding hydrogens is 396 g/mol. The Kier molecular flexibility index (Phi) is 7.92. The van der Waals surface area contributed by atoms with Gasteiger partial charge in [-0.05, 0) is 57.6 Å². The first-order valence-corrected chi connectivity index (χ1v) is 11.0.